The summed E-state index contributed by atoms with van der Waals surface area (Å²) in [6, 6.07) is 16.9. The van der Waals surface area contributed by atoms with Crippen LogP contribution < -0.4 is 15.0 Å². The maximum Gasteiger partial charge on any atom is 0.269 e. The highest BCUT2D eigenvalue weighted by molar-refractivity contribution is 6.34. The molecule has 0 fully saturated rings. The van der Waals surface area contributed by atoms with Crippen LogP contribution in [-0.4, -0.2) is 11.7 Å². The van der Waals surface area contributed by atoms with Crippen molar-refractivity contribution >= 4 is 23.2 Å². The van der Waals surface area contributed by atoms with Crippen molar-refractivity contribution in [1.82, 2.24) is 4.57 Å². The average Bonchev–Trinajstić information content (AvgIpc) is 2.70. The van der Waals surface area contributed by atoms with Crippen LogP contribution in [0.25, 0.3) is 0 Å². The summed E-state index contributed by atoms with van der Waals surface area (Å²) >= 11 is 12.5. The minimum Gasteiger partial charge on any atom is -0.497 e. The summed E-state index contributed by atoms with van der Waals surface area (Å²) in [5.74, 6) is 1.32. The van der Waals surface area contributed by atoms with Gasteiger partial charge < -0.3 is 14.0 Å². The largest absolute Gasteiger partial charge is 0.497 e. The van der Waals surface area contributed by atoms with Crippen LogP contribution in [0, 0.1) is 6.92 Å². The van der Waals surface area contributed by atoms with Crippen molar-refractivity contribution in [3.8, 4) is 11.5 Å². The summed E-state index contributed by atoms with van der Waals surface area (Å²) in [4.78, 5) is 12.6. The van der Waals surface area contributed by atoms with E-state index in [9.17, 15) is 4.79 Å². The van der Waals surface area contributed by atoms with E-state index >= 15 is 0 Å². The van der Waals surface area contributed by atoms with Crippen molar-refractivity contribution in [2.75, 3.05) is 7.11 Å². The van der Waals surface area contributed by atoms with Crippen molar-refractivity contribution in [2.45, 2.75) is 26.5 Å². The number of nitrogens with zero attached hydrogens (tertiary/aromatic N) is 1. The Morgan fingerprint density at radius 3 is 2.39 bits per heavy atom. The summed E-state index contributed by atoms with van der Waals surface area (Å²) in [6.07, 6.45) is 0.684. The highest BCUT2D eigenvalue weighted by atomic mass is 35.5. The maximum atomic E-state index is 12.6. The Bertz CT molecular complexity index is 1010. The van der Waals surface area contributed by atoms with Crippen LogP contribution in [0.3, 0.4) is 0 Å². The molecule has 0 radical (unpaired) electrons. The number of halogens is 2. The molecule has 0 spiro atoms. The van der Waals surface area contributed by atoms with Gasteiger partial charge in [0.1, 0.15) is 23.1 Å². The van der Waals surface area contributed by atoms with Gasteiger partial charge >= 0.3 is 0 Å². The van der Waals surface area contributed by atoms with Crippen molar-refractivity contribution in [3.63, 3.8) is 0 Å². The highest BCUT2D eigenvalue weighted by Crippen LogP contribution is 2.23. The predicted octanol–water partition coefficient (Wildman–Crippen LogP) is 5.29. The molecule has 4 nitrogen and oxygen atoms in total. The molecule has 0 N–H and O–H groups in total. The van der Waals surface area contributed by atoms with Crippen LogP contribution >= 0.6 is 23.2 Å². The first-order chi connectivity index (χ1) is 13.5. The van der Waals surface area contributed by atoms with Gasteiger partial charge in [-0.1, -0.05) is 59.1 Å². The van der Waals surface area contributed by atoms with Crippen LogP contribution in [0.15, 0.2) is 59.4 Å². The van der Waals surface area contributed by atoms with Gasteiger partial charge in [0.2, 0.25) is 0 Å². The SMILES string of the molecule is COc1cccc(OCc2c(Cl)cc(Cl)c(=O)n2CCc2ccc(C)cc2)c1. The summed E-state index contributed by atoms with van der Waals surface area (Å²) in [5, 5.41) is 0.496. The second kappa shape index (κ2) is 9.18. The molecule has 0 aliphatic heterocycles. The highest BCUT2D eigenvalue weighted by Gasteiger charge is 2.14. The van der Waals surface area contributed by atoms with Crippen LogP contribution in [0.4, 0.5) is 0 Å². The van der Waals surface area contributed by atoms with E-state index in [4.69, 9.17) is 32.7 Å². The molecule has 2 aromatic carbocycles. The molecule has 1 aromatic heterocycles. The molecule has 0 unspecified atom stereocenters. The summed E-state index contributed by atoms with van der Waals surface area (Å²) < 4.78 is 12.6. The third-order valence-corrected chi connectivity index (χ3v) is 5.06. The van der Waals surface area contributed by atoms with Gasteiger partial charge in [-0.15, -0.1) is 0 Å². The van der Waals surface area contributed by atoms with E-state index in [2.05, 4.69) is 24.3 Å². The number of ether oxygens (including phenoxy) is 2. The zero-order chi connectivity index (χ0) is 20.1. The number of rotatable bonds is 7. The molecule has 3 aromatic rings. The molecule has 28 heavy (non-hydrogen) atoms. The molecule has 0 amide bonds. The van der Waals surface area contributed by atoms with Crippen molar-refractivity contribution in [1.29, 1.82) is 0 Å². The van der Waals surface area contributed by atoms with Gasteiger partial charge in [0.25, 0.3) is 5.56 Å². The number of pyridine rings is 1. The fourth-order valence-corrected chi connectivity index (χ4v) is 3.39. The molecule has 0 saturated heterocycles. The molecule has 6 heteroatoms. The second-order valence-electron chi connectivity index (χ2n) is 6.45. The lowest BCUT2D eigenvalue weighted by Gasteiger charge is -2.16. The van der Waals surface area contributed by atoms with Gasteiger partial charge in [-0.25, -0.2) is 0 Å². The first-order valence-electron chi connectivity index (χ1n) is 8.88. The Balaban J connectivity index is 1.84. The number of aryl methyl sites for hydroxylation is 2. The van der Waals surface area contributed by atoms with E-state index in [0.29, 0.717) is 35.2 Å². The van der Waals surface area contributed by atoms with Crippen molar-refractivity contribution in [2.24, 2.45) is 0 Å². The molecule has 146 valence electrons. The Morgan fingerprint density at radius 1 is 0.964 bits per heavy atom. The van der Waals surface area contributed by atoms with E-state index < -0.39 is 0 Å². The quantitative estimate of drug-likeness (QED) is 0.523. The standard InChI is InChI=1S/C22H21Cl2NO3/c1-15-6-8-16(9-7-15)10-11-25-21(19(23)13-20(24)22(25)26)14-28-18-5-3-4-17(12-18)27-2/h3-9,12-13H,10-11,14H2,1-2H3. The molecular weight excluding hydrogens is 397 g/mol. The lowest BCUT2D eigenvalue weighted by atomic mass is 10.1. The summed E-state index contributed by atoms with van der Waals surface area (Å²) in [6.45, 7) is 2.64. The van der Waals surface area contributed by atoms with Crippen LogP contribution in [0.2, 0.25) is 10.0 Å². The summed E-state index contributed by atoms with van der Waals surface area (Å²) in [5.41, 5.74) is 2.64. The Morgan fingerprint density at radius 2 is 1.68 bits per heavy atom. The fraction of sp³-hybridized carbons (Fsp3) is 0.227. The van der Waals surface area contributed by atoms with Gasteiger partial charge in [0, 0.05) is 12.6 Å². The van der Waals surface area contributed by atoms with Crippen molar-refractivity contribution in [3.05, 3.63) is 91.8 Å². The van der Waals surface area contributed by atoms with Crippen molar-refractivity contribution < 1.29 is 9.47 Å². The zero-order valence-electron chi connectivity index (χ0n) is 15.7. The maximum absolute atomic E-state index is 12.6. The summed E-state index contributed by atoms with van der Waals surface area (Å²) in [7, 11) is 1.60. The minimum atomic E-state index is -0.276. The molecule has 0 aliphatic carbocycles. The van der Waals surface area contributed by atoms with Gasteiger partial charge in [-0.3, -0.25) is 4.79 Å². The fourth-order valence-electron chi connectivity index (χ4n) is 2.86. The molecule has 0 aliphatic rings. The van der Waals surface area contributed by atoms with Gasteiger partial charge in [0.15, 0.2) is 0 Å². The second-order valence-corrected chi connectivity index (χ2v) is 7.26. The Labute approximate surface area is 174 Å². The number of benzene rings is 2. The van der Waals surface area contributed by atoms with E-state index in [0.717, 1.165) is 5.56 Å². The Hall–Kier alpha value is -2.43. The number of hydrogen-bond acceptors (Lipinski definition) is 3. The lowest BCUT2D eigenvalue weighted by molar-refractivity contribution is 0.290. The average molecular weight is 418 g/mol. The number of aromatic nitrogens is 1. The number of hydrogen-bond donors (Lipinski definition) is 0. The monoisotopic (exact) mass is 417 g/mol. The van der Waals surface area contributed by atoms with Crippen LogP contribution in [-0.2, 0) is 19.6 Å². The predicted molar refractivity (Wildman–Crippen MR) is 113 cm³/mol. The van der Waals surface area contributed by atoms with E-state index in [1.165, 1.54) is 11.6 Å². The lowest BCUT2D eigenvalue weighted by Crippen LogP contribution is -2.26. The van der Waals surface area contributed by atoms with Gasteiger partial charge in [0.05, 0.1) is 17.8 Å². The topological polar surface area (TPSA) is 40.5 Å². The third kappa shape index (κ3) is 4.89. The van der Waals surface area contributed by atoms with Gasteiger partial charge in [-0.05, 0) is 37.1 Å². The van der Waals surface area contributed by atoms with E-state index in [-0.39, 0.29) is 17.2 Å². The normalized spacial score (nSPS) is 10.7. The number of methoxy groups -OCH3 is 1. The molecule has 0 atom stereocenters. The Kier molecular flexibility index (Phi) is 6.65. The molecule has 3 rings (SSSR count). The molecular formula is C22H21Cl2NO3. The third-order valence-electron chi connectivity index (χ3n) is 4.47. The molecule has 0 bridgehead atoms. The molecule has 0 saturated carbocycles. The first kappa shape index (κ1) is 20.3. The van der Waals surface area contributed by atoms with Gasteiger partial charge in [-0.2, -0.15) is 0 Å². The van der Waals surface area contributed by atoms with Crippen LogP contribution in [0.5, 0.6) is 11.5 Å². The first-order valence-corrected chi connectivity index (χ1v) is 9.63. The molecule has 1 heterocycles. The van der Waals surface area contributed by atoms with Crippen LogP contribution in [0.1, 0.15) is 16.8 Å². The smallest absolute Gasteiger partial charge is 0.269 e. The van der Waals surface area contributed by atoms with E-state index in [1.54, 1.807) is 17.7 Å². The minimum absolute atomic E-state index is 0.0963. The van der Waals surface area contributed by atoms with E-state index in [1.807, 2.05) is 25.1 Å². The zero-order valence-corrected chi connectivity index (χ0v) is 17.3.